The number of carbonyl (C=O) groups is 1. The molecule has 1 heterocycles. The fourth-order valence-electron chi connectivity index (χ4n) is 1.48. The van der Waals surface area contributed by atoms with E-state index in [9.17, 15) is 4.79 Å². The van der Waals surface area contributed by atoms with Gasteiger partial charge in [-0.1, -0.05) is 0 Å². The number of rotatable bonds is 6. The first-order valence-electron chi connectivity index (χ1n) is 5.48. The fourth-order valence-corrected chi connectivity index (χ4v) is 1.48. The standard InChI is InChI=1S/C10H19N5O2/c1-8(2)15(4-5-17-3)9(16)6-14-7-12-10(11)13-14/h7-8H,4-6H2,1-3H3,(H2,11,13). The number of hydrogen-bond donors (Lipinski definition) is 1. The Kier molecular flexibility index (Phi) is 4.89. The average molecular weight is 241 g/mol. The second-order valence-corrected chi connectivity index (χ2v) is 3.97. The summed E-state index contributed by atoms with van der Waals surface area (Å²) in [5.74, 6) is 0.146. The molecule has 0 aliphatic heterocycles. The molecule has 2 N–H and O–H groups in total. The van der Waals surface area contributed by atoms with Gasteiger partial charge in [-0.2, -0.15) is 0 Å². The topological polar surface area (TPSA) is 86.3 Å². The lowest BCUT2D eigenvalue weighted by atomic mass is 10.3. The SMILES string of the molecule is COCCN(C(=O)Cn1cnc(N)n1)C(C)C. The third-order valence-electron chi connectivity index (χ3n) is 2.33. The summed E-state index contributed by atoms with van der Waals surface area (Å²) in [6, 6.07) is 0.124. The van der Waals surface area contributed by atoms with Crippen molar-refractivity contribution in [1.29, 1.82) is 0 Å². The third-order valence-corrected chi connectivity index (χ3v) is 2.33. The van der Waals surface area contributed by atoms with Crippen LogP contribution in [0.3, 0.4) is 0 Å². The predicted molar refractivity (Wildman–Crippen MR) is 63.2 cm³/mol. The molecule has 0 spiro atoms. The van der Waals surface area contributed by atoms with Gasteiger partial charge in [-0.05, 0) is 13.8 Å². The quantitative estimate of drug-likeness (QED) is 0.741. The number of nitrogen functional groups attached to an aromatic ring is 1. The number of hydrogen-bond acceptors (Lipinski definition) is 5. The zero-order valence-electron chi connectivity index (χ0n) is 10.5. The van der Waals surface area contributed by atoms with E-state index in [1.54, 1.807) is 12.0 Å². The monoisotopic (exact) mass is 241 g/mol. The molecule has 0 aliphatic rings. The van der Waals surface area contributed by atoms with Crippen LogP contribution in [0.15, 0.2) is 6.33 Å². The van der Waals surface area contributed by atoms with Gasteiger partial charge < -0.3 is 15.4 Å². The van der Waals surface area contributed by atoms with Crippen LogP contribution >= 0.6 is 0 Å². The second-order valence-electron chi connectivity index (χ2n) is 3.97. The van der Waals surface area contributed by atoms with Gasteiger partial charge in [0.2, 0.25) is 11.9 Å². The van der Waals surface area contributed by atoms with E-state index in [-0.39, 0.29) is 24.4 Å². The molecule has 0 aliphatic carbocycles. The van der Waals surface area contributed by atoms with Crippen molar-refractivity contribution in [3.05, 3.63) is 6.33 Å². The van der Waals surface area contributed by atoms with Gasteiger partial charge in [0.05, 0.1) is 6.61 Å². The lowest BCUT2D eigenvalue weighted by Gasteiger charge is -2.26. The number of nitrogens with two attached hydrogens (primary N) is 1. The minimum atomic E-state index is -0.0260. The molecule has 1 aromatic rings. The summed E-state index contributed by atoms with van der Waals surface area (Å²) in [5, 5.41) is 3.88. The summed E-state index contributed by atoms with van der Waals surface area (Å²) in [7, 11) is 1.61. The molecule has 0 atom stereocenters. The molecule has 1 aromatic heterocycles. The molecule has 0 saturated carbocycles. The van der Waals surface area contributed by atoms with Gasteiger partial charge in [0, 0.05) is 19.7 Å². The van der Waals surface area contributed by atoms with Crippen LogP contribution in [0.2, 0.25) is 0 Å². The Bertz CT molecular complexity index is 363. The summed E-state index contributed by atoms with van der Waals surface area (Å²) in [5.41, 5.74) is 5.38. The minimum absolute atomic E-state index is 0.0260. The van der Waals surface area contributed by atoms with E-state index < -0.39 is 0 Å². The van der Waals surface area contributed by atoms with E-state index in [1.807, 2.05) is 13.8 Å². The van der Waals surface area contributed by atoms with Crippen molar-refractivity contribution >= 4 is 11.9 Å². The maximum absolute atomic E-state index is 12.0. The van der Waals surface area contributed by atoms with Crippen LogP contribution in [0.25, 0.3) is 0 Å². The Hall–Kier alpha value is -1.63. The number of ether oxygens (including phenoxy) is 1. The van der Waals surface area contributed by atoms with Crippen molar-refractivity contribution in [3.63, 3.8) is 0 Å². The van der Waals surface area contributed by atoms with Crippen LogP contribution in [0.1, 0.15) is 13.8 Å². The highest BCUT2D eigenvalue weighted by Gasteiger charge is 2.17. The fraction of sp³-hybridized carbons (Fsp3) is 0.700. The largest absolute Gasteiger partial charge is 0.383 e. The zero-order valence-corrected chi connectivity index (χ0v) is 10.5. The number of nitrogens with zero attached hydrogens (tertiary/aromatic N) is 4. The van der Waals surface area contributed by atoms with Gasteiger partial charge in [0.25, 0.3) is 0 Å². The number of methoxy groups -OCH3 is 1. The molecule has 7 heteroatoms. The van der Waals surface area contributed by atoms with Crippen LogP contribution in [-0.2, 0) is 16.1 Å². The third kappa shape index (κ3) is 4.03. The molecule has 17 heavy (non-hydrogen) atoms. The Morgan fingerprint density at radius 3 is 2.82 bits per heavy atom. The van der Waals surface area contributed by atoms with E-state index in [2.05, 4.69) is 10.1 Å². The molecule has 0 bridgehead atoms. The Labute approximate surface area is 101 Å². The normalized spacial score (nSPS) is 10.8. The van der Waals surface area contributed by atoms with Gasteiger partial charge in [-0.15, -0.1) is 5.10 Å². The lowest BCUT2D eigenvalue weighted by Crippen LogP contribution is -2.41. The Morgan fingerprint density at radius 1 is 1.65 bits per heavy atom. The van der Waals surface area contributed by atoms with Crippen molar-refractivity contribution in [2.24, 2.45) is 0 Å². The van der Waals surface area contributed by atoms with E-state index in [1.165, 1.54) is 11.0 Å². The Balaban J connectivity index is 2.58. The first-order valence-corrected chi connectivity index (χ1v) is 5.48. The van der Waals surface area contributed by atoms with Crippen molar-refractivity contribution in [1.82, 2.24) is 19.7 Å². The summed E-state index contributed by atoms with van der Waals surface area (Å²) in [6.45, 7) is 5.15. The van der Waals surface area contributed by atoms with Crippen LogP contribution in [0, 0.1) is 0 Å². The Morgan fingerprint density at radius 2 is 2.35 bits per heavy atom. The molecule has 7 nitrogen and oxygen atoms in total. The first kappa shape index (κ1) is 13.4. The summed E-state index contributed by atoms with van der Waals surface area (Å²) >= 11 is 0. The highest BCUT2D eigenvalue weighted by atomic mass is 16.5. The van der Waals surface area contributed by atoms with Crippen LogP contribution in [0.5, 0.6) is 0 Å². The van der Waals surface area contributed by atoms with E-state index in [0.29, 0.717) is 13.2 Å². The molecule has 0 fully saturated rings. The molecular formula is C10H19N5O2. The number of amides is 1. The van der Waals surface area contributed by atoms with Crippen LogP contribution in [0.4, 0.5) is 5.95 Å². The molecule has 0 radical (unpaired) electrons. The van der Waals surface area contributed by atoms with Gasteiger partial charge in [0.1, 0.15) is 12.9 Å². The number of carbonyl (C=O) groups excluding carboxylic acids is 1. The first-order chi connectivity index (χ1) is 8.04. The van der Waals surface area contributed by atoms with Crippen molar-refractivity contribution in [3.8, 4) is 0 Å². The summed E-state index contributed by atoms with van der Waals surface area (Å²) in [4.78, 5) is 17.5. The highest BCUT2D eigenvalue weighted by molar-refractivity contribution is 5.76. The van der Waals surface area contributed by atoms with Gasteiger partial charge >= 0.3 is 0 Å². The predicted octanol–water partition coefficient (Wildman–Crippen LogP) is -0.256. The lowest BCUT2D eigenvalue weighted by molar-refractivity contribution is -0.134. The van der Waals surface area contributed by atoms with E-state index in [0.717, 1.165) is 0 Å². The summed E-state index contributed by atoms with van der Waals surface area (Å²) < 4.78 is 6.41. The number of anilines is 1. The minimum Gasteiger partial charge on any atom is -0.383 e. The molecule has 1 amide bonds. The maximum Gasteiger partial charge on any atom is 0.244 e. The maximum atomic E-state index is 12.0. The molecule has 1 rings (SSSR count). The van der Waals surface area contributed by atoms with Gasteiger partial charge in [-0.25, -0.2) is 9.67 Å². The zero-order chi connectivity index (χ0) is 12.8. The second kappa shape index (κ2) is 6.19. The highest BCUT2D eigenvalue weighted by Crippen LogP contribution is 2.01. The van der Waals surface area contributed by atoms with E-state index in [4.69, 9.17) is 10.5 Å². The van der Waals surface area contributed by atoms with Crippen LogP contribution in [-0.4, -0.2) is 51.9 Å². The molecule has 0 saturated heterocycles. The van der Waals surface area contributed by atoms with Crippen molar-refractivity contribution in [2.45, 2.75) is 26.4 Å². The average Bonchev–Trinajstić information content (AvgIpc) is 2.64. The van der Waals surface area contributed by atoms with Crippen molar-refractivity contribution in [2.75, 3.05) is 26.0 Å². The summed E-state index contributed by atoms with van der Waals surface area (Å²) in [6.07, 6.45) is 1.45. The molecule has 0 unspecified atom stereocenters. The van der Waals surface area contributed by atoms with Crippen molar-refractivity contribution < 1.29 is 9.53 Å². The molecule has 96 valence electrons. The number of aromatic nitrogens is 3. The van der Waals surface area contributed by atoms with E-state index >= 15 is 0 Å². The van der Waals surface area contributed by atoms with Gasteiger partial charge in [-0.3, -0.25) is 4.79 Å². The smallest absolute Gasteiger partial charge is 0.244 e. The van der Waals surface area contributed by atoms with Crippen LogP contribution < -0.4 is 5.73 Å². The molecule has 0 aromatic carbocycles. The van der Waals surface area contributed by atoms with Gasteiger partial charge in [0.15, 0.2) is 0 Å². The molecular weight excluding hydrogens is 222 g/mol.